The van der Waals surface area contributed by atoms with Gasteiger partial charge in [-0.15, -0.1) is 0 Å². The van der Waals surface area contributed by atoms with E-state index in [9.17, 15) is 0 Å². The van der Waals surface area contributed by atoms with E-state index in [1.54, 1.807) is 0 Å². The summed E-state index contributed by atoms with van der Waals surface area (Å²) in [6.45, 7) is 6.17. The van der Waals surface area contributed by atoms with Gasteiger partial charge in [0.05, 0.1) is 6.54 Å². The molecule has 1 saturated carbocycles. The van der Waals surface area contributed by atoms with E-state index in [2.05, 4.69) is 39.0 Å². The second kappa shape index (κ2) is 8.05. The van der Waals surface area contributed by atoms with Gasteiger partial charge < -0.3 is 15.2 Å². The zero-order chi connectivity index (χ0) is 15.1. The number of guanidine groups is 1. The van der Waals surface area contributed by atoms with Crippen molar-refractivity contribution >= 4 is 5.96 Å². The van der Waals surface area contributed by atoms with Crippen LogP contribution in [0.1, 0.15) is 51.8 Å². The average molecular weight is 291 g/mol. The number of hydrogen-bond donors (Lipinski definition) is 2. The number of imidazole rings is 1. The van der Waals surface area contributed by atoms with Crippen molar-refractivity contribution in [1.29, 1.82) is 0 Å². The molecule has 1 fully saturated rings. The molecule has 1 aromatic heterocycles. The molecule has 21 heavy (non-hydrogen) atoms. The molecule has 0 atom stereocenters. The molecule has 0 amide bonds. The lowest BCUT2D eigenvalue weighted by molar-refractivity contribution is 0.409. The Labute approximate surface area is 128 Å². The molecule has 118 valence electrons. The van der Waals surface area contributed by atoms with Crippen LogP contribution in [-0.4, -0.2) is 28.6 Å². The minimum Gasteiger partial charge on any atom is -0.354 e. The first-order valence-corrected chi connectivity index (χ1v) is 8.16. The number of nitrogens with zero attached hydrogens (tertiary/aromatic N) is 3. The van der Waals surface area contributed by atoms with Crippen LogP contribution in [0.3, 0.4) is 0 Å². The van der Waals surface area contributed by atoms with Crippen LogP contribution >= 0.6 is 0 Å². The molecule has 5 nitrogen and oxygen atoms in total. The minimum atomic E-state index is 0.570. The Morgan fingerprint density at radius 2 is 2.14 bits per heavy atom. The number of nitrogens with one attached hydrogen (secondary N) is 2. The Kier molecular flexibility index (Phi) is 6.08. The van der Waals surface area contributed by atoms with E-state index in [1.807, 2.05) is 19.4 Å². The molecule has 1 aromatic rings. The van der Waals surface area contributed by atoms with Gasteiger partial charge in [-0.25, -0.2) is 4.98 Å². The SMILES string of the molecule is CN=C(NCc1nccn1CC(C)C)NC1CCCCC1. The highest BCUT2D eigenvalue weighted by atomic mass is 15.2. The van der Waals surface area contributed by atoms with Gasteiger partial charge in [-0.1, -0.05) is 33.1 Å². The summed E-state index contributed by atoms with van der Waals surface area (Å²) in [5.74, 6) is 2.58. The van der Waals surface area contributed by atoms with Gasteiger partial charge in [0.1, 0.15) is 5.82 Å². The van der Waals surface area contributed by atoms with Crippen molar-refractivity contribution in [1.82, 2.24) is 20.2 Å². The van der Waals surface area contributed by atoms with Crippen LogP contribution in [0.25, 0.3) is 0 Å². The van der Waals surface area contributed by atoms with Gasteiger partial charge in [-0.3, -0.25) is 4.99 Å². The number of aromatic nitrogens is 2. The third-order valence-electron chi connectivity index (χ3n) is 3.95. The monoisotopic (exact) mass is 291 g/mol. The van der Waals surface area contributed by atoms with E-state index in [0.717, 1.165) is 18.3 Å². The lowest BCUT2D eigenvalue weighted by Gasteiger charge is -2.24. The van der Waals surface area contributed by atoms with Gasteiger partial charge in [0, 0.05) is 32.0 Å². The first kappa shape index (κ1) is 15.9. The summed E-state index contributed by atoms with van der Waals surface area (Å²) >= 11 is 0. The summed E-state index contributed by atoms with van der Waals surface area (Å²) in [5, 5.41) is 6.92. The molecule has 0 aromatic carbocycles. The minimum absolute atomic E-state index is 0.570. The quantitative estimate of drug-likeness (QED) is 0.647. The van der Waals surface area contributed by atoms with E-state index in [1.165, 1.54) is 32.1 Å². The maximum Gasteiger partial charge on any atom is 0.191 e. The zero-order valence-corrected chi connectivity index (χ0v) is 13.6. The topological polar surface area (TPSA) is 54.2 Å². The van der Waals surface area contributed by atoms with Gasteiger partial charge >= 0.3 is 0 Å². The Morgan fingerprint density at radius 1 is 1.38 bits per heavy atom. The summed E-state index contributed by atoms with van der Waals surface area (Å²) in [7, 11) is 1.83. The molecule has 5 heteroatoms. The largest absolute Gasteiger partial charge is 0.354 e. The molecule has 0 bridgehead atoms. The molecular weight excluding hydrogens is 262 g/mol. The fourth-order valence-corrected chi connectivity index (χ4v) is 2.86. The van der Waals surface area contributed by atoms with Crippen molar-refractivity contribution in [3.05, 3.63) is 18.2 Å². The zero-order valence-electron chi connectivity index (χ0n) is 13.6. The third kappa shape index (κ3) is 5.06. The third-order valence-corrected chi connectivity index (χ3v) is 3.95. The van der Waals surface area contributed by atoms with E-state index < -0.39 is 0 Å². The molecule has 2 N–H and O–H groups in total. The van der Waals surface area contributed by atoms with Gasteiger partial charge in [0.2, 0.25) is 0 Å². The molecule has 2 rings (SSSR count). The molecule has 1 heterocycles. The number of aliphatic imine (C=N–C) groups is 1. The highest BCUT2D eigenvalue weighted by Crippen LogP contribution is 2.17. The van der Waals surface area contributed by atoms with Crippen LogP contribution < -0.4 is 10.6 Å². The first-order chi connectivity index (χ1) is 10.2. The summed E-state index contributed by atoms with van der Waals surface area (Å²) in [6, 6.07) is 0.570. The molecule has 0 radical (unpaired) electrons. The Bertz CT molecular complexity index is 443. The Hall–Kier alpha value is -1.52. The van der Waals surface area contributed by atoms with Crippen molar-refractivity contribution in [2.75, 3.05) is 7.05 Å². The summed E-state index contributed by atoms with van der Waals surface area (Å²) in [4.78, 5) is 8.77. The van der Waals surface area contributed by atoms with Crippen molar-refractivity contribution < 1.29 is 0 Å². The maximum absolute atomic E-state index is 4.44. The van der Waals surface area contributed by atoms with E-state index in [0.29, 0.717) is 18.5 Å². The van der Waals surface area contributed by atoms with Gasteiger partial charge in [-0.2, -0.15) is 0 Å². The predicted octanol–water partition coefficient (Wildman–Crippen LogP) is 2.54. The lowest BCUT2D eigenvalue weighted by atomic mass is 9.96. The second-order valence-corrected chi connectivity index (χ2v) is 6.29. The second-order valence-electron chi connectivity index (χ2n) is 6.29. The predicted molar refractivity (Wildman–Crippen MR) is 87.3 cm³/mol. The molecule has 0 saturated heterocycles. The lowest BCUT2D eigenvalue weighted by Crippen LogP contribution is -2.44. The van der Waals surface area contributed by atoms with Crippen molar-refractivity contribution in [3.63, 3.8) is 0 Å². The average Bonchev–Trinajstić information content (AvgIpc) is 2.91. The normalized spacial score (nSPS) is 17.2. The highest BCUT2D eigenvalue weighted by molar-refractivity contribution is 5.79. The van der Waals surface area contributed by atoms with Gasteiger partial charge in [0.25, 0.3) is 0 Å². The van der Waals surface area contributed by atoms with Gasteiger partial charge in [0.15, 0.2) is 5.96 Å². The number of rotatable bonds is 5. The molecule has 0 aliphatic heterocycles. The molecular formula is C16H29N5. The summed E-state index contributed by atoms with van der Waals surface area (Å²) < 4.78 is 2.21. The van der Waals surface area contributed by atoms with Crippen molar-refractivity contribution in [2.45, 2.75) is 65.1 Å². The first-order valence-electron chi connectivity index (χ1n) is 8.16. The fourth-order valence-electron chi connectivity index (χ4n) is 2.86. The smallest absolute Gasteiger partial charge is 0.191 e. The molecule has 0 spiro atoms. The van der Waals surface area contributed by atoms with Crippen molar-refractivity contribution in [3.8, 4) is 0 Å². The van der Waals surface area contributed by atoms with Crippen LogP contribution in [0.5, 0.6) is 0 Å². The molecule has 0 unspecified atom stereocenters. The highest BCUT2D eigenvalue weighted by Gasteiger charge is 2.14. The summed E-state index contributed by atoms with van der Waals surface area (Å²) in [5.41, 5.74) is 0. The van der Waals surface area contributed by atoms with Crippen LogP contribution in [0.4, 0.5) is 0 Å². The molecule has 1 aliphatic rings. The standard InChI is InChI=1S/C16H29N5/c1-13(2)12-21-10-9-18-15(21)11-19-16(17-3)20-14-7-5-4-6-8-14/h9-10,13-14H,4-8,11-12H2,1-3H3,(H2,17,19,20). The van der Waals surface area contributed by atoms with Crippen LogP contribution in [0.15, 0.2) is 17.4 Å². The molecule has 1 aliphatic carbocycles. The van der Waals surface area contributed by atoms with Crippen LogP contribution in [0, 0.1) is 5.92 Å². The van der Waals surface area contributed by atoms with E-state index in [4.69, 9.17) is 0 Å². The van der Waals surface area contributed by atoms with Crippen LogP contribution in [0.2, 0.25) is 0 Å². The van der Waals surface area contributed by atoms with Gasteiger partial charge in [-0.05, 0) is 18.8 Å². The Balaban J connectivity index is 1.84. The fraction of sp³-hybridized carbons (Fsp3) is 0.750. The van der Waals surface area contributed by atoms with E-state index >= 15 is 0 Å². The van der Waals surface area contributed by atoms with Crippen LogP contribution in [-0.2, 0) is 13.1 Å². The number of hydrogen-bond acceptors (Lipinski definition) is 2. The van der Waals surface area contributed by atoms with Crippen molar-refractivity contribution in [2.24, 2.45) is 10.9 Å². The maximum atomic E-state index is 4.44. The van der Waals surface area contributed by atoms with E-state index in [-0.39, 0.29) is 0 Å². The summed E-state index contributed by atoms with van der Waals surface area (Å²) in [6.07, 6.45) is 10.5. The Morgan fingerprint density at radius 3 is 2.81 bits per heavy atom.